The molecular weight excluding hydrogens is 362 g/mol. The fourth-order valence-corrected chi connectivity index (χ4v) is 4.14. The van der Waals surface area contributed by atoms with Gasteiger partial charge in [0, 0.05) is 19.3 Å². The third kappa shape index (κ3) is 5.01. The molecule has 27 heavy (non-hydrogen) atoms. The van der Waals surface area contributed by atoms with E-state index in [4.69, 9.17) is 0 Å². The van der Waals surface area contributed by atoms with Gasteiger partial charge in [0.05, 0.1) is 28.5 Å². The first-order valence-corrected chi connectivity index (χ1v) is 11.0. The third-order valence-corrected chi connectivity index (χ3v) is 5.76. The van der Waals surface area contributed by atoms with Crippen LogP contribution in [0.5, 0.6) is 0 Å². The molecule has 0 aliphatic carbocycles. The molecule has 1 saturated heterocycles. The van der Waals surface area contributed by atoms with E-state index in [1.165, 1.54) is 25.3 Å². The van der Waals surface area contributed by atoms with Gasteiger partial charge in [-0.25, -0.2) is 8.42 Å². The topological polar surface area (TPSA) is 78.5 Å². The predicted octanol–water partition coefficient (Wildman–Crippen LogP) is 3.13. The fraction of sp³-hybridized carbons (Fsp3) is 0.350. The van der Waals surface area contributed by atoms with E-state index in [9.17, 15) is 13.2 Å². The van der Waals surface area contributed by atoms with Crippen molar-refractivity contribution < 1.29 is 13.2 Å². The van der Waals surface area contributed by atoms with Gasteiger partial charge in [-0.3, -0.25) is 4.79 Å². The van der Waals surface area contributed by atoms with Crippen molar-refractivity contribution >= 4 is 32.8 Å². The number of hydrogen-bond acceptors (Lipinski definition) is 5. The first-order valence-electron chi connectivity index (χ1n) is 9.12. The van der Waals surface area contributed by atoms with Crippen molar-refractivity contribution in [3.63, 3.8) is 0 Å². The molecule has 7 heteroatoms. The monoisotopic (exact) mass is 387 g/mol. The van der Waals surface area contributed by atoms with Crippen molar-refractivity contribution in [2.75, 3.05) is 41.4 Å². The molecule has 1 heterocycles. The molecule has 1 aliphatic rings. The molecule has 2 aromatic rings. The van der Waals surface area contributed by atoms with E-state index in [1.807, 2.05) is 18.2 Å². The number of sulfone groups is 1. The maximum Gasteiger partial charge on any atom is 0.243 e. The molecule has 0 unspecified atom stereocenters. The minimum atomic E-state index is -3.41. The Labute approximate surface area is 160 Å². The number of hydrogen-bond donors (Lipinski definition) is 2. The number of carbonyl (C=O) groups excluding carboxylic acids is 1. The van der Waals surface area contributed by atoms with Crippen molar-refractivity contribution in [2.24, 2.45) is 0 Å². The number of nitrogens with one attached hydrogen (secondary N) is 2. The molecule has 0 atom stereocenters. The normalized spacial score (nSPS) is 14.6. The van der Waals surface area contributed by atoms with E-state index in [-0.39, 0.29) is 17.3 Å². The summed E-state index contributed by atoms with van der Waals surface area (Å²) in [4.78, 5) is 14.8. The van der Waals surface area contributed by atoms with E-state index in [0.717, 1.165) is 30.7 Å². The van der Waals surface area contributed by atoms with Gasteiger partial charge in [0.1, 0.15) is 0 Å². The minimum Gasteiger partial charge on any atom is -0.374 e. The summed E-state index contributed by atoms with van der Waals surface area (Å²) in [7, 11) is -3.41. The lowest BCUT2D eigenvalue weighted by Crippen LogP contribution is -2.30. The van der Waals surface area contributed by atoms with Gasteiger partial charge < -0.3 is 15.5 Å². The summed E-state index contributed by atoms with van der Waals surface area (Å²) in [5, 5.41) is 5.88. The lowest BCUT2D eigenvalue weighted by Gasteiger charge is -2.30. The molecule has 0 saturated carbocycles. The van der Waals surface area contributed by atoms with Gasteiger partial charge in [0.15, 0.2) is 9.84 Å². The van der Waals surface area contributed by atoms with Crippen LogP contribution in [-0.2, 0) is 14.6 Å². The number of piperidine rings is 1. The van der Waals surface area contributed by atoms with Crippen LogP contribution in [0.15, 0.2) is 53.4 Å². The number of benzene rings is 2. The molecule has 144 valence electrons. The first-order chi connectivity index (χ1) is 12.9. The Morgan fingerprint density at radius 2 is 1.59 bits per heavy atom. The molecular formula is C20H25N3O3S. The highest BCUT2D eigenvalue weighted by molar-refractivity contribution is 7.90. The van der Waals surface area contributed by atoms with Crippen LogP contribution in [0, 0.1) is 0 Å². The molecule has 0 spiro atoms. The average Bonchev–Trinajstić information content (AvgIpc) is 2.67. The second-order valence-electron chi connectivity index (χ2n) is 6.73. The van der Waals surface area contributed by atoms with Crippen molar-refractivity contribution in [2.45, 2.75) is 24.2 Å². The minimum absolute atomic E-state index is 0.0585. The molecule has 3 rings (SSSR count). The van der Waals surface area contributed by atoms with Crippen LogP contribution >= 0.6 is 0 Å². The fourth-order valence-electron chi connectivity index (χ4n) is 3.30. The lowest BCUT2D eigenvalue weighted by atomic mass is 10.1. The molecule has 0 radical (unpaired) electrons. The molecule has 1 aliphatic heterocycles. The van der Waals surface area contributed by atoms with E-state index in [0.29, 0.717) is 5.69 Å². The van der Waals surface area contributed by atoms with Gasteiger partial charge in [-0.1, -0.05) is 24.3 Å². The second-order valence-corrected chi connectivity index (χ2v) is 8.72. The van der Waals surface area contributed by atoms with Gasteiger partial charge in [0.2, 0.25) is 5.91 Å². The van der Waals surface area contributed by atoms with Gasteiger partial charge >= 0.3 is 0 Å². The zero-order valence-electron chi connectivity index (χ0n) is 15.4. The number of rotatable bonds is 6. The predicted molar refractivity (Wildman–Crippen MR) is 109 cm³/mol. The van der Waals surface area contributed by atoms with E-state index in [1.54, 1.807) is 18.2 Å². The van der Waals surface area contributed by atoms with Gasteiger partial charge in [-0.15, -0.1) is 0 Å². The van der Waals surface area contributed by atoms with Crippen molar-refractivity contribution in [1.29, 1.82) is 0 Å². The zero-order valence-corrected chi connectivity index (χ0v) is 16.3. The lowest BCUT2D eigenvalue weighted by molar-refractivity contribution is -0.114. The van der Waals surface area contributed by atoms with Crippen molar-refractivity contribution in [3.8, 4) is 0 Å². The Kier molecular flexibility index (Phi) is 6.01. The Balaban J connectivity index is 1.67. The van der Waals surface area contributed by atoms with Gasteiger partial charge in [-0.2, -0.15) is 0 Å². The number of carbonyl (C=O) groups is 1. The maximum absolute atomic E-state index is 12.4. The van der Waals surface area contributed by atoms with Crippen molar-refractivity contribution in [3.05, 3.63) is 48.5 Å². The largest absolute Gasteiger partial charge is 0.374 e. The molecule has 0 bridgehead atoms. The highest BCUT2D eigenvalue weighted by atomic mass is 32.2. The average molecular weight is 388 g/mol. The van der Waals surface area contributed by atoms with Crippen LogP contribution in [0.2, 0.25) is 0 Å². The van der Waals surface area contributed by atoms with Crippen LogP contribution in [0.25, 0.3) is 0 Å². The summed E-state index contributed by atoms with van der Waals surface area (Å²) in [5.41, 5.74) is 2.31. The SMILES string of the molecule is CS(=O)(=O)c1ccccc1NC(=O)CNc1ccccc1N1CCCCC1. The molecule has 2 N–H and O–H groups in total. The van der Waals surface area contributed by atoms with Gasteiger partial charge in [-0.05, 0) is 43.5 Å². The molecule has 1 fully saturated rings. The number of nitrogens with zero attached hydrogens (tertiary/aromatic N) is 1. The summed E-state index contributed by atoms with van der Waals surface area (Å²) in [6, 6.07) is 14.4. The van der Waals surface area contributed by atoms with Crippen molar-refractivity contribution in [1.82, 2.24) is 0 Å². The summed E-state index contributed by atoms with van der Waals surface area (Å²) in [6.45, 7) is 2.10. The van der Waals surface area contributed by atoms with Crippen LogP contribution in [-0.4, -0.2) is 40.2 Å². The van der Waals surface area contributed by atoms with Gasteiger partial charge in [0.25, 0.3) is 0 Å². The van der Waals surface area contributed by atoms with Crippen LogP contribution in [0.3, 0.4) is 0 Å². The molecule has 6 nitrogen and oxygen atoms in total. The summed E-state index contributed by atoms with van der Waals surface area (Å²) < 4.78 is 23.7. The number of amides is 1. The second kappa shape index (κ2) is 8.43. The van der Waals surface area contributed by atoms with E-state index in [2.05, 4.69) is 21.6 Å². The Hall–Kier alpha value is -2.54. The Morgan fingerprint density at radius 1 is 0.963 bits per heavy atom. The summed E-state index contributed by atoms with van der Waals surface area (Å²) in [5.74, 6) is -0.292. The standard InChI is InChI=1S/C20H25N3O3S/c1-27(25,26)19-12-6-4-10-17(19)22-20(24)15-21-16-9-3-5-11-18(16)23-13-7-2-8-14-23/h3-6,9-12,21H,2,7-8,13-15H2,1H3,(H,22,24). The number of anilines is 3. The Bertz CT molecular complexity index is 906. The van der Waals surface area contributed by atoms with E-state index >= 15 is 0 Å². The first kappa shape index (κ1) is 19.2. The summed E-state index contributed by atoms with van der Waals surface area (Å²) >= 11 is 0. The smallest absolute Gasteiger partial charge is 0.243 e. The molecule has 1 amide bonds. The highest BCUT2D eigenvalue weighted by Gasteiger charge is 2.16. The summed E-state index contributed by atoms with van der Waals surface area (Å²) in [6.07, 6.45) is 4.74. The van der Waals surface area contributed by atoms with Crippen LogP contribution in [0.4, 0.5) is 17.1 Å². The maximum atomic E-state index is 12.4. The number of para-hydroxylation sites is 3. The zero-order chi connectivity index (χ0) is 19.3. The highest BCUT2D eigenvalue weighted by Crippen LogP contribution is 2.28. The van der Waals surface area contributed by atoms with Crippen LogP contribution in [0.1, 0.15) is 19.3 Å². The molecule has 2 aromatic carbocycles. The van der Waals surface area contributed by atoms with E-state index < -0.39 is 9.84 Å². The third-order valence-electron chi connectivity index (χ3n) is 4.60. The molecule has 0 aromatic heterocycles. The van der Waals surface area contributed by atoms with Crippen LogP contribution < -0.4 is 15.5 Å². The Morgan fingerprint density at radius 3 is 2.30 bits per heavy atom. The quantitative estimate of drug-likeness (QED) is 0.796.